The summed E-state index contributed by atoms with van der Waals surface area (Å²) in [6.07, 6.45) is 1.61. The SMILES string of the molecule is O=[N+]([O-])c1cc(CNc2cnns2)ccc1Br. The second-order valence-corrected chi connectivity index (χ2v) is 4.82. The van der Waals surface area contributed by atoms with Crippen molar-refractivity contribution in [2.24, 2.45) is 0 Å². The lowest BCUT2D eigenvalue weighted by Crippen LogP contribution is -1.99. The molecule has 0 unspecified atom stereocenters. The molecule has 0 saturated carbocycles. The number of nitro groups is 1. The zero-order chi connectivity index (χ0) is 12.3. The van der Waals surface area contributed by atoms with Crippen molar-refractivity contribution in [3.8, 4) is 0 Å². The van der Waals surface area contributed by atoms with Gasteiger partial charge >= 0.3 is 0 Å². The Hall–Kier alpha value is -1.54. The zero-order valence-corrected chi connectivity index (χ0v) is 10.9. The molecule has 8 heteroatoms. The van der Waals surface area contributed by atoms with Crippen LogP contribution in [0, 0.1) is 10.1 Å². The number of nitrogens with zero attached hydrogens (tertiary/aromatic N) is 3. The molecule has 0 atom stereocenters. The lowest BCUT2D eigenvalue weighted by Gasteiger charge is -2.03. The number of anilines is 1. The van der Waals surface area contributed by atoms with Crippen LogP contribution in [0.4, 0.5) is 10.7 Å². The van der Waals surface area contributed by atoms with Gasteiger partial charge in [-0.05, 0) is 27.6 Å². The van der Waals surface area contributed by atoms with Crippen LogP contribution in [-0.4, -0.2) is 14.5 Å². The van der Waals surface area contributed by atoms with Crippen LogP contribution in [0.1, 0.15) is 5.56 Å². The van der Waals surface area contributed by atoms with Crippen molar-refractivity contribution in [1.29, 1.82) is 0 Å². The standard InChI is InChI=1S/C9H7BrN4O2S/c10-7-2-1-6(3-8(7)14(15)16)4-11-9-5-12-13-17-9/h1-3,5,11H,4H2. The third-order valence-electron chi connectivity index (χ3n) is 2.04. The number of hydrogen-bond donors (Lipinski definition) is 1. The molecule has 0 saturated heterocycles. The Morgan fingerprint density at radius 1 is 1.53 bits per heavy atom. The molecule has 0 aliphatic heterocycles. The van der Waals surface area contributed by atoms with Crippen molar-refractivity contribution >= 4 is 38.2 Å². The minimum Gasteiger partial charge on any atom is -0.370 e. The van der Waals surface area contributed by atoms with Gasteiger partial charge in [-0.15, -0.1) is 5.10 Å². The van der Waals surface area contributed by atoms with Crippen molar-refractivity contribution in [2.75, 3.05) is 5.32 Å². The predicted molar refractivity (Wildman–Crippen MR) is 68.0 cm³/mol. The molecule has 0 fully saturated rings. The lowest BCUT2D eigenvalue weighted by molar-refractivity contribution is -0.385. The highest BCUT2D eigenvalue weighted by molar-refractivity contribution is 9.10. The largest absolute Gasteiger partial charge is 0.370 e. The predicted octanol–water partition coefficient (Wildman–Crippen LogP) is 2.82. The summed E-state index contributed by atoms with van der Waals surface area (Å²) < 4.78 is 4.19. The van der Waals surface area contributed by atoms with Crippen molar-refractivity contribution in [3.63, 3.8) is 0 Å². The highest BCUT2D eigenvalue weighted by Crippen LogP contribution is 2.26. The summed E-state index contributed by atoms with van der Waals surface area (Å²) in [5.41, 5.74) is 0.889. The summed E-state index contributed by atoms with van der Waals surface area (Å²) in [5.74, 6) is 0. The van der Waals surface area contributed by atoms with Crippen molar-refractivity contribution in [3.05, 3.63) is 44.5 Å². The van der Waals surface area contributed by atoms with Crippen LogP contribution >= 0.6 is 27.5 Å². The van der Waals surface area contributed by atoms with E-state index in [9.17, 15) is 10.1 Å². The number of nitro benzene ring substituents is 1. The third kappa shape index (κ3) is 2.98. The molecule has 2 aromatic rings. The maximum atomic E-state index is 10.7. The monoisotopic (exact) mass is 314 g/mol. The van der Waals surface area contributed by atoms with Gasteiger partial charge in [-0.3, -0.25) is 10.1 Å². The number of halogens is 1. The van der Waals surface area contributed by atoms with Gasteiger partial charge in [0.25, 0.3) is 5.69 Å². The molecule has 88 valence electrons. The van der Waals surface area contributed by atoms with E-state index in [-0.39, 0.29) is 5.69 Å². The first-order valence-corrected chi connectivity index (χ1v) is 6.17. The van der Waals surface area contributed by atoms with Crippen LogP contribution in [0.3, 0.4) is 0 Å². The summed E-state index contributed by atoms with van der Waals surface area (Å²) in [4.78, 5) is 10.3. The molecule has 1 N–H and O–H groups in total. The molecule has 0 spiro atoms. The molecule has 1 heterocycles. The van der Waals surface area contributed by atoms with Crippen LogP contribution in [0.25, 0.3) is 0 Å². The Morgan fingerprint density at radius 2 is 2.35 bits per heavy atom. The fourth-order valence-electron chi connectivity index (χ4n) is 1.24. The minimum absolute atomic E-state index is 0.0618. The van der Waals surface area contributed by atoms with Gasteiger partial charge in [0.1, 0.15) is 5.00 Å². The number of rotatable bonds is 4. The summed E-state index contributed by atoms with van der Waals surface area (Å²) >= 11 is 4.38. The fourth-order valence-corrected chi connectivity index (χ4v) is 2.05. The first kappa shape index (κ1) is 11.9. The summed E-state index contributed by atoms with van der Waals surface area (Å²) in [6.45, 7) is 0.498. The molecule has 1 aromatic carbocycles. The molecule has 0 amide bonds. The average molecular weight is 315 g/mol. The molecular weight excluding hydrogens is 308 g/mol. The van der Waals surface area contributed by atoms with Crippen LogP contribution in [0.2, 0.25) is 0 Å². The number of aromatic nitrogens is 2. The highest BCUT2D eigenvalue weighted by atomic mass is 79.9. The Labute approximate surface area is 109 Å². The molecule has 1 aromatic heterocycles. The first-order chi connectivity index (χ1) is 8.16. The summed E-state index contributed by atoms with van der Waals surface area (Å²) in [6, 6.07) is 5.02. The normalized spacial score (nSPS) is 10.2. The van der Waals surface area contributed by atoms with E-state index < -0.39 is 4.92 Å². The minimum atomic E-state index is -0.415. The molecular formula is C9H7BrN4O2S. The van der Waals surface area contributed by atoms with Crippen LogP contribution in [-0.2, 0) is 6.54 Å². The first-order valence-electron chi connectivity index (χ1n) is 4.61. The van der Waals surface area contributed by atoms with E-state index >= 15 is 0 Å². The van der Waals surface area contributed by atoms with E-state index in [2.05, 4.69) is 30.8 Å². The van der Waals surface area contributed by atoms with E-state index in [1.807, 2.05) is 6.07 Å². The van der Waals surface area contributed by atoms with Gasteiger partial charge in [-0.25, -0.2) is 0 Å². The maximum Gasteiger partial charge on any atom is 0.283 e. The van der Waals surface area contributed by atoms with Crippen LogP contribution in [0.15, 0.2) is 28.9 Å². The van der Waals surface area contributed by atoms with Crippen molar-refractivity contribution in [1.82, 2.24) is 9.59 Å². The van der Waals surface area contributed by atoms with E-state index in [0.29, 0.717) is 11.0 Å². The topological polar surface area (TPSA) is 81.0 Å². The second kappa shape index (κ2) is 5.19. The zero-order valence-electron chi connectivity index (χ0n) is 8.46. The second-order valence-electron chi connectivity index (χ2n) is 3.18. The Kier molecular flexibility index (Phi) is 3.64. The lowest BCUT2D eigenvalue weighted by atomic mass is 10.2. The van der Waals surface area contributed by atoms with Gasteiger partial charge in [0.15, 0.2) is 0 Å². The fraction of sp³-hybridized carbons (Fsp3) is 0.111. The van der Waals surface area contributed by atoms with Crippen molar-refractivity contribution in [2.45, 2.75) is 6.54 Å². The Morgan fingerprint density at radius 3 is 3.00 bits per heavy atom. The summed E-state index contributed by atoms with van der Waals surface area (Å²) in [5, 5.41) is 18.3. The smallest absolute Gasteiger partial charge is 0.283 e. The van der Waals surface area contributed by atoms with Crippen LogP contribution < -0.4 is 5.32 Å². The van der Waals surface area contributed by atoms with Crippen LogP contribution in [0.5, 0.6) is 0 Å². The van der Waals surface area contributed by atoms with Gasteiger partial charge < -0.3 is 5.32 Å². The molecule has 0 bridgehead atoms. The maximum absolute atomic E-state index is 10.7. The van der Waals surface area contributed by atoms with E-state index in [4.69, 9.17) is 0 Å². The molecule has 0 radical (unpaired) electrons. The summed E-state index contributed by atoms with van der Waals surface area (Å²) in [7, 11) is 0. The van der Waals surface area contributed by atoms with Gasteiger partial charge in [0.05, 0.1) is 15.6 Å². The highest BCUT2D eigenvalue weighted by Gasteiger charge is 2.12. The third-order valence-corrected chi connectivity index (χ3v) is 3.33. The molecule has 0 aliphatic rings. The van der Waals surface area contributed by atoms with Gasteiger partial charge in [-0.1, -0.05) is 10.6 Å². The van der Waals surface area contributed by atoms with Gasteiger partial charge in [-0.2, -0.15) is 0 Å². The molecule has 6 nitrogen and oxygen atoms in total. The molecule has 2 rings (SSSR count). The van der Waals surface area contributed by atoms with E-state index in [1.165, 1.54) is 17.6 Å². The quantitative estimate of drug-likeness (QED) is 0.693. The Balaban J connectivity index is 2.11. The molecule has 17 heavy (non-hydrogen) atoms. The molecule has 0 aliphatic carbocycles. The van der Waals surface area contributed by atoms with Gasteiger partial charge in [0.2, 0.25) is 0 Å². The number of benzene rings is 1. The average Bonchev–Trinajstić information content (AvgIpc) is 2.80. The van der Waals surface area contributed by atoms with E-state index in [1.54, 1.807) is 12.3 Å². The number of nitrogens with one attached hydrogen (secondary N) is 1. The Bertz CT molecular complexity index is 532. The van der Waals surface area contributed by atoms with Crippen molar-refractivity contribution < 1.29 is 4.92 Å². The van der Waals surface area contributed by atoms with Gasteiger partial charge in [0, 0.05) is 24.1 Å². The number of hydrogen-bond acceptors (Lipinski definition) is 6. The van der Waals surface area contributed by atoms with E-state index in [0.717, 1.165) is 10.6 Å².